The van der Waals surface area contributed by atoms with Gasteiger partial charge in [-0.25, -0.2) is 4.90 Å². The Morgan fingerprint density at radius 2 is 1.77 bits per heavy atom. The van der Waals surface area contributed by atoms with Gasteiger partial charge in [0.1, 0.15) is 11.3 Å². The van der Waals surface area contributed by atoms with E-state index in [0.717, 1.165) is 11.3 Å². The van der Waals surface area contributed by atoms with Crippen molar-refractivity contribution >= 4 is 45.0 Å². The number of ether oxygens (including phenoxy) is 1. The second kappa shape index (κ2) is 7.17. The van der Waals surface area contributed by atoms with Crippen LogP contribution in [0.2, 0.25) is 0 Å². The molecule has 3 aliphatic rings. The molecule has 3 amide bonds. The van der Waals surface area contributed by atoms with E-state index in [1.807, 2.05) is 31.2 Å². The Labute approximate surface area is 188 Å². The SMILES string of the molecule is COc1ccc(N2C(=O)[C@H]3[C@H](C)N[C@]4(C(=O)N(CCBr)c5ccccc54)[C@@H]3C2=O)cc1. The predicted molar refractivity (Wildman–Crippen MR) is 119 cm³/mol. The average molecular weight is 484 g/mol. The zero-order chi connectivity index (χ0) is 21.9. The molecule has 1 spiro atoms. The van der Waals surface area contributed by atoms with Crippen molar-refractivity contribution in [2.75, 3.05) is 28.8 Å². The summed E-state index contributed by atoms with van der Waals surface area (Å²) in [7, 11) is 1.56. The molecule has 0 unspecified atom stereocenters. The first-order chi connectivity index (χ1) is 15.0. The van der Waals surface area contributed by atoms with E-state index in [1.54, 1.807) is 36.3 Å². The highest BCUT2D eigenvalue weighted by Gasteiger charge is 2.70. The Bertz CT molecular complexity index is 1090. The number of hydrogen-bond donors (Lipinski definition) is 1. The van der Waals surface area contributed by atoms with Gasteiger partial charge in [-0.1, -0.05) is 34.1 Å². The number of rotatable bonds is 4. The fourth-order valence-corrected chi connectivity index (χ4v) is 5.76. The molecule has 0 saturated carbocycles. The third kappa shape index (κ3) is 2.58. The van der Waals surface area contributed by atoms with Crippen LogP contribution in [0.4, 0.5) is 11.4 Å². The van der Waals surface area contributed by atoms with Crippen LogP contribution in [0.5, 0.6) is 5.75 Å². The number of amides is 3. The molecule has 7 nitrogen and oxygen atoms in total. The molecule has 2 fully saturated rings. The zero-order valence-electron chi connectivity index (χ0n) is 17.2. The number of nitrogens with zero attached hydrogens (tertiary/aromatic N) is 2. The van der Waals surface area contributed by atoms with Crippen molar-refractivity contribution in [3.05, 3.63) is 54.1 Å². The molecule has 0 aromatic heterocycles. The number of benzene rings is 2. The van der Waals surface area contributed by atoms with E-state index in [9.17, 15) is 14.4 Å². The van der Waals surface area contributed by atoms with Gasteiger partial charge >= 0.3 is 0 Å². The number of hydrogen-bond acceptors (Lipinski definition) is 5. The molecule has 3 heterocycles. The van der Waals surface area contributed by atoms with E-state index in [2.05, 4.69) is 21.2 Å². The Hall–Kier alpha value is -2.71. The van der Waals surface area contributed by atoms with Crippen LogP contribution in [0.15, 0.2) is 48.5 Å². The van der Waals surface area contributed by atoms with E-state index in [-0.39, 0.29) is 23.8 Å². The summed E-state index contributed by atoms with van der Waals surface area (Å²) in [6, 6.07) is 14.0. The van der Waals surface area contributed by atoms with Gasteiger partial charge in [0.15, 0.2) is 0 Å². The standard InChI is InChI=1S/C23H22BrN3O4/c1-13-18-19(21(29)27(20(18)28)14-7-9-15(31-2)10-8-14)23(25-13)16-5-3-4-6-17(16)26(12-11-24)22(23)30/h3-10,13,18-19,25H,11-12H2,1-2H3/t13-,18-,19-,23-/m0/s1. The number of fused-ring (bicyclic) bond motifs is 4. The number of anilines is 2. The van der Waals surface area contributed by atoms with Gasteiger partial charge in [0.25, 0.3) is 5.91 Å². The summed E-state index contributed by atoms with van der Waals surface area (Å²) < 4.78 is 5.19. The number of carbonyl (C=O) groups excluding carboxylic acids is 3. The van der Waals surface area contributed by atoms with E-state index in [1.165, 1.54) is 4.90 Å². The molecule has 8 heteroatoms. The van der Waals surface area contributed by atoms with Crippen molar-refractivity contribution in [3.63, 3.8) is 0 Å². The van der Waals surface area contributed by atoms with Crippen LogP contribution >= 0.6 is 15.9 Å². The normalized spacial score (nSPS) is 29.1. The molecule has 2 saturated heterocycles. The van der Waals surface area contributed by atoms with Gasteiger partial charge in [-0.2, -0.15) is 0 Å². The lowest BCUT2D eigenvalue weighted by atomic mass is 9.76. The number of nitrogens with one attached hydrogen (secondary N) is 1. The molecule has 2 aromatic carbocycles. The van der Waals surface area contributed by atoms with Gasteiger partial charge in [0.05, 0.1) is 24.6 Å². The molecule has 5 rings (SSSR count). The molecular weight excluding hydrogens is 462 g/mol. The van der Waals surface area contributed by atoms with Crippen LogP contribution in [-0.4, -0.2) is 42.7 Å². The van der Waals surface area contributed by atoms with E-state index < -0.39 is 17.4 Å². The van der Waals surface area contributed by atoms with Gasteiger partial charge in [-0.3, -0.25) is 19.7 Å². The summed E-state index contributed by atoms with van der Waals surface area (Å²) in [6.45, 7) is 2.35. The number of alkyl halides is 1. The topological polar surface area (TPSA) is 79.0 Å². The lowest BCUT2D eigenvalue weighted by Gasteiger charge is -2.30. The molecule has 2 aromatic rings. The van der Waals surface area contributed by atoms with Gasteiger partial charge in [-0.15, -0.1) is 0 Å². The molecule has 4 atom stereocenters. The summed E-state index contributed by atoms with van der Waals surface area (Å²) in [4.78, 5) is 43.9. The monoisotopic (exact) mass is 483 g/mol. The summed E-state index contributed by atoms with van der Waals surface area (Å²) >= 11 is 3.42. The predicted octanol–water partition coefficient (Wildman–Crippen LogP) is 2.43. The molecule has 31 heavy (non-hydrogen) atoms. The quantitative estimate of drug-likeness (QED) is 0.533. The largest absolute Gasteiger partial charge is 0.497 e. The maximum Gasteiger partial charge on any atom is 0.252 e. The third-order valence-corrected chi connectivity index (χ3v) is 7.01. The molecular formula is C23H22BrN3O4. The highest BCUT2D eigenvalue weighted by atomic mass is 79.9. The fraction of sp³-hybridized carbons (Fsp3) is 0.348. The first-order valence-corrected chi connectivity index (χ1v) is 11.3. The number of carbonyl (C=O) groups is 3. The highest BCUT2D eigenvalue weighted by molar-refractivity contribution is 9.09. The van der Waals surface area contributed by atoms with Gasteiger partial charge in [-0.05, 0) is 37.3 Å². The van der Waals surface area contributed by atoms with Crippen LogP contribution in [0.25, 0.3) is 0 Å². The smallest absolute Gasteiger partial charge is 0.252 e. The summed E-state index contributed by atoms with van der Waals surface area (Å²) in [6.07, 6.45) is 0. The first-order valence-electron chi connectivity index (χ1n) is 10.2. The summed E-state index contributed by atoms with van der Waals surface area (Å²) in [5.41, 5.74) is 0.800. The summed E-state index contributed by atoms with van der Waals surface area (Å²) in [5.74, 6) is -1.58. The molecule has 160 valence electrons. The van der Waals surface area contributed by atoms with Crippen LogP contribution in [-0.2, 0) is 19.9 Å². The lowest BCUT2D eigenvalue weighted by molar-refractivity contribution is -0.132. The average Bonchev–Trinajstić information content (AvgIpc) is 3.33. The highest BCUT2D eigenvalue weighted by Crippen LogP contribution is 2.54. The van der Waals surface area contributed by atoms with Crippen LogP contribution < -0.4 is 19.9 Å². The lowest BCUT2D eigenvalue weighted by Crippen LogP contribution is -2.55. The third-order valence-electron chi connectivity index (χ3n) is 6.65. The number of methoxy groups -OCH3 is 1. The van der Waals surface area contributed by atoms with Crippen LogP contribution in [0, 0.1) is 11.8 Å². The van der Waals surface area contributed by atoms with E-state index in [0.29, 0.717) is 23.3 Å². The molecule has 0 radical (unpaired) electrons. The van der Waals surface area contributed by atoms with E-state index in [4.69, 9.17) is 4.74 Å². The number of halogens is 1. The van der Waals surface area contributed by atoms with Crippen molar-refractivity contribution in [3.8, 4) is 5.75 Å². The molecule has 0 aliphatic carbocycles. The Morgan fingerprint density at radius 1 is 1.06 bits per heavy atom. The van der Waals surface area contributed by atoms with Crippen molar-refractivity contribution < 1.29 is 19.1 Å². The van der Waals surface area contributed by atoms with Crippen molar-refractivity contribution in [2.24, 2.45) is 11.8 Å². The number of para-hydroxylation sites is 1. The van der Waals surface area contributed by atoms with Crippen molar-refractivity contribution in [2.45, 2.75) is 18.5 Å². The summed E-state index contributed by atoms with van der Waals surface area (Å²) in [5, 5.41) is 3.99. The van der Waals surface area contributed by atoms with Gasteiger partial charge in [0, 0.05) is 29.2 Å². The van der Waals surface area contributed by atoms with Crippen molar-refractivity contribution in [1.29, 1.82) is 0 Å². The zero-order valence-corrected chi connectivity index (χ0v) is 18.8. The van der Waals surface area contributed by atoms with Crippen molar-refractivity contribution in [1.82, 2.24) is 5.32 Å². The van der Waals surface area contributed by atoms with Crippen LogP contribution in [0.3, 0.4) is 0 Å². The maximum atomic E-state index is 13.8. The van der Waals surface area contributed by atoms with Gasteiger partial charge in [0.2, 0.25) is 11.8 Å². The minimum atomic E-state index is -1.24. The van der Waals surface area contributed by atoms with Gasteiger partial charge < -0.3 is 9.64 Å². The molecule has 1 N–H and O–H groups in total. The second-order valence-electron chi connectivity index (χ2n) is 8.12. The minimum Gasteiger partial charge on any atom is -0.497 e. The Morgan fingerprint density at radius 3 is 2.45 bits per heavy atom. The Balaban J connectivity index is 1.63. The first kappa shape index (κ1) is 20.2. The molecule has 0 bridgehead atoms. The Kier molecular flexibility index (Phi) is 4.67. The molecule has 3 aliphatic heterocycles. The maximum absolute atomic E-state index is 13.8. The number of imide groups is 1. The minimum absolute atomic E-state index is 0.176. The van der Waals surface area contributed by atoms with Crippen LogP contribution in [0.1, 0.15) is 12.5 Å². The van der Waals surface area contributed by atoms with E-state index >= 15 is 0 Å². The second-order valence-corrected chi connectivity index (χ2v) is 8.91. The fourth-order valence-electron chi connectivity index (χ4n) is 5.40.